The lowest BCUT2D eigenvalue weighted by Crippen LogP contribution is -2.35. The molecule has 4 rings (SSSR count). The first kappa shape index (κ1) is 16.3. The number of hydrogen-bond donors (Lipinski definition) is 1. The van der Waals surface area contributed by atoms with Crippen LogP contribution in [0.5, 0.6) is 11.5 Å². The number of ether oxygens (including phenoxy) is 1. The summed E-state index contributed by atoms with van der Waals surface area (Å²) in [5.74, 6) is 1.71. The smallest absolute Gasteiger partial charge is 0.160 e. The first-order chi connectivity index (χ1) is 12.2. The zero-order valence-electron chi connectivity index (χ0n) is 14.3. The van der Waals surface area contributed by atoms with Crippen molar-refractivity contribution in [1.82, 2.24) is 9.88 Å². The molecule has 0 unspecified atom stereocenters. The molecule has 2 aliphatic rings. The molecule has 6 heteroatoms. The third-order valence-corrected chi connectivity index (χ3v) is 6.00. The van der Waals surface area contributed by atoms with Crippen molar-refractivity contribution in [3.63, 3.8) is 0 Å². The van der Waals surface area contributed by atoms with Crippen LogP contribution in [0.2, 0.25) is 0 Å². The fourth-order valence-corrected chi connectivity index (χ4v) is 4.93. The number of fused-ring (bicyclic) bond motifs is 1. The van der Waals surface area contributed by atoms with E-state index in [0.717, 1.165) is 28.6 Å². The van der Waals surface area contributed by atoms with Crippen LogP contribution in [-0.4, -0.2) is 39.1 Å². The summed E-state index contributed by atoms with van der Waals surface area (Å²) in [5.41, 5.74) is 2.06. The molecule has 130 valence electrons. The zero-order chi connectivity index (χ0) is 17.4. The minimum Gasteiger partial charge on any atom is -0.504 e. The number of pyridine rings is 1. The van der Waals surface area contributed by atoms with Crippen LogP contribution in [0.4, 0.5) is 0 Å². The number of aromatic nitrogens is 1. The Morgan fingerprint density at radius 3 is 2.92 bits per heavy atom. The summed E-state index contributed by atoms with van der Waals surface area (Å²) in [6, 6.07) is 12.0. The van der Waals surface area contributed by atoms with E-state index < -0.39 is 0 Å². The van der Waals surface area contributed by atoms with Gasteiger partial charge >= 0.3 is 0 Å². The molecule has 0 radical (unpaired) electrons. The number of phenolic OH excluding ortho intramolecular Hbond substituents is 1. The molecule has 0 bridgehead atoms. The average molecular weight is 355 g/mol. The van der Waals surface area contributed by atoms with Crippen molar-refractivity contribution in [2.75, 3.05) is 12.9 Å². The maximum Gasteiger partial charge on any atom is 0.160 e. The van der Waals surface area contributed by atoms with Crippen molar-refractivity contribution >= 4 is 16.9 Å². The van der Waals surface area contributed by atoms with Crippen LogP contribution in [0.3, 0.4) is 0 Å². The Bertz CT molecular complexity index is 797. The average Bonchev–Trinajstić information content (AvgIpc) is 3.22. The Morgan fingerprint density at radius 2 is 2.20 bits per heavy atom. The van der Waals surface area contributed by atoms with Crippen molar-refractivity contribution in [2.24, 2.45) is 4.99 Å². The van der Waals surface area contributed by atoms with E-state index in [2.05, 4.69) is 16.8 Å². The van der Waals surface area contributed by atoms with Gasteiger partial charge < -0.3 is 14.7 Å². The van der Waals surface area contributed by atoms with Crippen LogP contribution in [0.15, 0.2) is 47.6 Å². The highest BCUT2D eigenvalue weighted by atomic mass is 32.2. The van der Waals surface area contributed by atoms with Gasteiger partial charge in [0, 0.05) is 18.0 Å². The first-order valence-electron chi connectivity index (χ1n) is 8.49. The second kappa shape index (κ2) is 6.59. The monoisotopic (exact) mass is 355 g/mol. The number of aliphatic imine (C=N–C) groups is 1. The lowest BCUT2D eigenvalue weighted by Gasteiger charge is -2.32. The number of methoxy groups -OCH3 is 1. The molecule has 1 aromatic heterocycles. The Labute approximate surface area is 151 Å². The molecular weight excluding hydrogens is 334 g/mol. The minimum atomic E-state index is -0.0488. The van der Waals surface area contributed by atoms with E-state index in [1.54, 1.807) is 13.2 Å². The summed E-state index contributed by atoms with van der Waals surface area (Å²) in [7, 11) is 1.58. The number of rotatable bonds is 4. The predicted octanol–water partition coefficient (Wildman–Crippen LogP) is 3.78. The van der Waals surface area contributed by atoms with E-state index in [4.69, 9.17) is 9.73 Å². The second-order valence-electron chi connectivity index (χ2n) is 6.27. The summed E-state index contributed by atoms with van der Waals surface area (Å²) >= 11 is 1.82. The molecule has 1 fully saturated rings. The number of phenols is 1. The maximum absolute atomic E-state index is 9.96. The Balaban J connectivity index is 1.80. The number of benzene rings is 1. The van der Waals surface area contributed by atoms with Crippen molar-refractivity contribution in [3.05, 3.63) is 53.9 Å². The van der Waals surface area contributed by atoms with Gasteiger partial charge in [-0.2, -0.15) is 0 Å². The summed E-state index contributed by atoms with van der Waals surface area (Å²) in [4.78, 5) is 12.0. The summed E-state index contributed by atoms with van der Waals surface area (Å²) in [6.07, 6.45) is 2.89. The number of nitrogens with zero attached hydrogens (tertiary/aromatic N) is 3. The Kier molecular flexibility index (Phi) is 4.29. The minimum absolute atomic E-state index is 0.0488. The van der Waals surface area contributed by atoms with Gasteiger partial charge in [-0.1, -0.05) is 30.8 Å². The second-order valence-corrected chi connectivity index (χ2v) is 7.25. The van der Waals surface area contributed by atoms with Crippen molar-refractivity contribution in [3.8, 4) is 11.5 Å². The van der Waals surface area contributed by atoms with Crippen LogP contribution < -0.4 is 4.74 Å². The lowest BCUT2D eigenvalue weighted by atomic mass is 9.95. The molecule has 0 aliphatic carbocycles. The van der Waals surface area contributed by atoms with Crippen molar-refractivity contribution < 1.29 is 9.84 Å². The highest BCUT2D eigenvalue weighted by molar-refractivity contribution is 8.14. The third kappa shape index (κ3) is 2.74. The van der Waals surface area contributed by atoms with E-state index in [1.807, 2.05) is 48.3 Å². The number of amidine groups is 1. The normalized spacial score (nSPS) is 25.0. The topological polar surface area (TPSA) is 58.0 Å². The van der Waals surface area contributed by atoms with E-state index in [9.17, 15) is 5.11 Å². The van der Waals surface area contributed by atoms with Gasteiger partial charge in [0.05, 0.1) is 18.8 Å². The van der Waals surface area contributed by atoms with Gasteiger partial charge in [-0.25, -0.2) is 0 Å². The maximum atomic E-state index is 9.96. The van der Waals surface area contributed by atoms with Crippen LogP contribution >= 0.6 is 11.8 Å². The quantitative estimate of drug-likeness (QED) is 0.905. The van der Waals surface area contributed by atoms with Gasteiger partial charge in [-0.05, 0) is 36.2 Å². The molecule has 3 heterocycles. The van der Waals surface area contributed by atoms with Crippen LogP contribution in [0.1, 0.15) is 36.7 Å². The lowest BCUT2D eigenvalue weighted by molar-refractivity contribution is 0.254. The van der Waals surface area contributed by atoms with Crippen molar-refractivity contribution in [2.45, 2.75) is 31.5 Å². The van der Waals surface area contributed by atoms with E-state index in [-0.39, 0.29) is 17.8 Å². The fourth-order valence-electron chi connectivity index (χ4n) is 3.59. The highest BCUT2D eigenvalue weighted by Crippen LogP contribution is 2.49. The largest absolute Gasteiger partial charge is 0.504 e. The molecule has 2 aliphatic heterocycles. The third-order valence-electron chi connectivity index (χ3n) is 4.87. The van der Waals surface area contributed by atoms with Gasteiger partial charge in [-0.15, -0.1) is 0 Å². The van der Waals surface area contributed by atoms with Gasteiger partial charge in [0.25, 0.3) is 0 Å². The van der Waals surface area contributed by atoms with E-state index in [0.29, 0.717) is 11.8 Å². The van der Waals surface area contributed by atoms with Gasteiger partial charge in [0.2, 0.25) is 0 Å². The molecule has 1 aromatic carbocycles. The highest BCUT2D eigenvalue weighted by Gasteiger charge is 2.45. The van der Waals surface area contributed by atoms with Crippen LogP contribution in [-0.2, 0) is 0 Å². The van der Waals surface area contributed by atoms with Crippen LogP contribution in [0.25, 0.3) is 0 Å². The Morgan fingerprint density at radius 1 is 1.32 bits per heavy atom. The molecule has 1 saturated heterocycles. The van der Waals surface area contributed by atoms with Gasteiger partial charge in [-0.3, -0.25) is 9.98 Å². The standard InChI is InChI=1S/C19H21N3O2S/c1-3-13-11-25-19-21-17(14-6-4-5-9-20-14)18(22(13)19)12-7-8-15(23)16(10-12)24-2/h4-10,13,17-18,23H,3,11H2,1-2H3/t13-,17+,18+/m1/s1. The van der Waals surface area contributed by atoms with E-state index in [1.165, 1.54) is 0 Å². The molecule has 5 nitrogen and oxygen atoms in total. The van der Waals surface area contributed by atoms with Gasteiger partial charge in [0.15, 0.2) is 16.7 Å². The molecule has 25 heavy (non-hydrogen) atoms. The van der Waals surface area contributed by atoms with Gasteiger partial charge in [0.1, 0.15) is 6.04 Å². The Hall–Kier alpha value is -2.21. The summed E-state index contributed by atoms with van der Waals surface area (Å²) in [6.45, 7) is 2.22. The molecule has 0 spiro atoms. The molecule has 3 atom stereocenters. The molecule has 0 saturated carbocycles. The fraction of sp³-hybridized carbons (Fsp3) is 0.368. The molecule has 1 N–H and O–H groups in total. The zero-order valence-corrected chi connectivity index (χ0v) is 15.1. The SMILES string of the molecule is CC[C@@H]1CSC2=N[C@@H](c3ccccn3)[C@H](c3ccc(O)c(OC)c3)N21. The molecular formula is C19H21N3O2S. The van der Waals surface area contributed by atoms with Crippen molar-refractivity contribution in [1.29, 1.82) is 0 Å². The number of aromatic hydroxyl groups is 1. The van der Waals surface area contributed by atoms with Crippen LogP contribution in [0, 0.1) is 0 Å². The summed E-state index contributed by atoms with van der Waals surface area (Å²) < 4.78 is 5.32. The molecule has 0 amide bonds. The number of hydrogen-bond acceptors (Lipinski definition) is 6. The number of thioether (sulfide) groups is 1. The van der Waals surface area contributed by atoms with E-state index >= 15 is 0 Å². The predicted molar refractivity (Wildman–Crippen MR) is 100 cm³/mol. The molecule has 2 aromatic rings. The first-order valence-corrected chi connectivity index (χ1v) is 9.48. The summed E-state index contributed by atoms with van der Waals surface area (Å²) in [5, 5.41) is 11.1.